The molecule has 0 radical (unpaired) electrons. The Bertz CT molecular complexity index is 627. The highest BCUT2D eigenvalue weighted by atomic mass is 16.6. The van der Waals surface area contributed by atoms with Crippen LogP contribution >= 0.6 is 0 Å². The van der Waals surface area contributed by atoms with Crippen molar-refractivity contribution < 1.29 is 14.6 Å². The van der Waals surface area contributed by atoms with Gasteiger partial charge in [0.15, 0.2) is 11.5 Å². The summed E-state index contributed by atoms with van der Waals surface area (Å²) in [4.78, 5) is 0. The second-order valence-electron chi connectivity index (χ2n) is 5.17. The first-order chi connectivity index (χ1) is 10.2. The highest BCUT2D eigenvalue weighted by Crippen LogP contribution is 2.32. The molecule has 0 aliphatic carbocycles. The zero-order valence-corrected chi connectivity index (χ0v) is 12.0. The Morgan fingerprint density at radius 2 is 1.90 bits per heavy atom. The van der Waals surface area contributed by atoms with E-state index in [2.05, 4.69) is 11.4 Å². The first-order valence-corrected chi connectivity index (χ1v) is 7.10. The van der Waals surface area contributed by atoms with E-state index in [0.29, 0.717) is 25.5 Å². The Kier molecular flexibility index (Phi) is 3.97. The predicted molar refractivity (Wildman–Crippen MR) is 82.1 cm³/mol. The minimum Gasteiger partial charge on any atom is -0.486 e. The van der Waals surface area contributed by atoms with Crippen molar-refractivity contribution in [3.8, 4) is 11.5 Å². The first kappa shape index (κ1) is 13.8. The Morgan fingerprint density at radius 3 is 2.71 bits per heavy atom. The molecular weight excluding hydrogens is 266 g/mol. The third-order valence-electron chi connectivity index (χ3n) is 3.47. The van der Waals surface area contributed by atoms with Crippen LogP contribution in [0, 0.1) is 6.92 Å². The van der Waals surface area contributed by atoms with Crippen LogP contribution in [0.15, 0.2) is 42.5 Å². The molecule has 2 aromatic carbocycles. The van der Waals surface area contributed by atoms with Crippen LogP contribution in [0.1, 0.15) is 17.2 Å². The highest BCUT2D eigenvalue weighted by Gasteiger charge is 2.15. The number of aliphatic hydroxyl groups excluding tert-OH is 1. The van der Waals surface area contributed by atoms with Crippen LogP contribution < -0.4 is 14.8 Å². The molecule has 0 amide bonds. The van der Waals surface area contributed by atoms with Gasteiger partial charge in [-0.15, -0.1) is 0 Å². The van der Waals surface area contributed by atoms with E-state index in [0.717, 1.165) is 17.0 Å². The van der Waals surface area contributed by atoms with Gasteiger partial charge in [0.2, 0.25) is 0 Å². The van der Waals surface area contributed by atoms with Crippen molar-refractivity contribution in [2.75, 3.05) is 25.1 Å². The zero-order valence-electron chi connectivity index (χ0n) is 12.0. The molecule has 3 rings (SSSR count). The van der Waals surface area contributed by atoms with Crippen molar-refractivity contribution in [2.24, 2.45) is 0 Å². The SMILES string of the molecule is Cc1cccc(NCC(O)c2ccc3c(c2)OCCO3)c1. The molecule has 4 nitrogen and oxygen atoms in total. The molecule has 1 unspecified atom stereocenters. The van der Waals surface area contributed by atoms with Crippen molar-refractivity contribution in [2.45, 2.75) is 13.0 Å². The molecule has 0 bridgehead atoms. The highest BCUT2D eigenvalue weighted by molar-refractivity contribution is 5.47. The zero-order chi connectivity index (χ0) is 14.7. The molecule has 2 aromatic rings. The molecule has 1 aliphatic rings. The van der Waals surface area contributed by atoms with Crippen LogP contribution in [0.4, 0.5) is 5.69 Å². The van der Waals surface area contributed by atoms with Gasteiger partial charge in [0.05, 0.1) is 6.10 Å². The van der Waals surface area contributed by atoms with Gasteiger partial charge in [-0.25, -0.2) is 0 Å². The number of hydrogen-bond donors (Lipinski definition) is 2. The van der Waals surface area contributed by atoms with E-state index in [1.54, 1.807) is 0 Å². The number of hydrogen-bond acceptors (Lipinski definition) is 4. The lowest BCUT2D eigenvalue weighted by Crippen LogP contribution is -2.16. The lowest BCUT2D eigenvalue weighted by Gasteiger charge is -2.20. The van der Waals surface area contributed by atoms with Crippen LogP contribution in [0.25, 0.3) is 0 Å². The van der Waals surface area contributed by atoms with Crippen molar-refractivity contribution in [3.63, 3.8) is 0 Å². The molecule has 0 fully saturated rings. The Labute approximate surface area is 124 Å². The third kappa shape index (κ3) is 3.28. The van der Waals surface area contributed by atoms with E-state index in [1.807, 2.05) is 43.3 Å². The topological polar surface area (TPSA) is 50.7 Å². The predicted octanol–water partition coefficient (Wildman–Crippen LogP) is 2.91. The Balaban J connectivity index is 1.66. The van der Waals surface area contributed by atoms with E-state index in [1.165, 1.54) is 5.56 Å². The van der Waals surface area contributed by atoms with Crippen molar-refractivity contribution in [1.29, 1.82) is 0 Å². The van der Waals surface area contributed by atoms with E-state index in [-0.39, 0.29) is 0 Å². The van der Waals surface area contributed by atoms with Gasteiger partial charge in [0.1, 0.15) is 13.2 Å². The summed E-state index contributed by atoms with van der Waals surface area (Å²) in [5.74, 6) is 1.44. The molecule has 110 valence electrons. The van der Waals surface area contributed by atoms with Crippen LogP contribution in [0.5, 0.6) is 11.5 Å². The number of rotatable bonds is 4. The fourth-order valence-corrected chi connectivity index (χ4v) is 2.35. The normalized spacial score (nSPS) is 14.6. The molecule has 0 saturated carbocycles. The van der Waals surface area contributed by atoms with Gasteiger partial charge < -0.3 is 19.9 Å². The van der Waals surface area contributed by atoms with Crippen molar-refractivity contribution in [3.05, 3.63) is 53.6 Å². The molecular formula is C17H19NO3. The van der Waals surface area contributed by atoms with Gasteiger partial charge in [-0.1, -0.05) is 18.2 Å². The Hall–Kier alpha value is -2.20. The largest absolute Gasteiger partial charge is 0.486 e. The Morgan fingerprint density at radius 1 is 1.10 bits per heavy atom. The average Bonchev–Trinajstić information content (AvgIpc) is 2.52. The monoisotopic (exact) mass is 285 g/mol. The summed E-state index contributed by atoms with van der Waals surface area (Å²) < 4.78 is 11.0. The second-order valence-corrected chi connectivity index (χ2v) is 5.17. The lowest BCUT2D eigenvalue weighted by molar-refractivity contribution is 0.167. The maximum Gasteiger partial charge on any atom is 0.161 e. The fourth-order valence-electron chi connectivity index (χ4n) is 2.35. The van der Waals surface area contributed by atoms with Crippen LogP contribution in [-0.4, -0.2) is 24.9 Å². The number of ether oxygens (including phenoxy) is 2. The molecule has 0 aromatic heterocycles. The summed E-state index contributed by atoms with van der Waals surface area (Å²) in [6.45, 7) is 3.61. The summed E-state index contributed by atoms with van der Waals surface area (Å²) >= 11 is 0. The van der Waals surface area contributed by atoms with Gasteiger partial charge in [-0.2, -0.15) is 0 Å². The maximum absolute atomic E-state index is 10.3. The van der Waals surface area contributed by atoms with Crippen LogP contribution in [0.3, 0.4) is 0 Å². The molecule has 21 heavy (non-hydrogen) atoms. The van der Waals surface area contributed by atoms with E-state index in [4.69, 9.17) is 9.47 Å². The minimum absolute atomic E-state index is 0.448. The van der Waals surface area contributed by atoms with Gasteiger partial charge in [-0.05, 0) is 42.3 Å². The van der Waals surface area contributed by atoms with Gasteiger partial charge >= 0.3 is 0 Å². The number of nitrogens with one attached hydrogen (secondary N) is 1. The summed E-state index contributed by atoms with van der Waals surface area (Å²) in [6.07, 6.45) is -0.596. The standard InChI is InChI=1S/C17H19NO3/c1-12-3-2-4-14(9-12)18-11-15(19)13-5-6-16-17(10-13)21-8-7-20-16/h2-6,9-10,15,18-19H,7-8,11H2,1H3. The van der Waals surface area contributed by atoms with Gasteiger partial charge in [-0.3, -0.25) is 0 Å². The van der Waals surface area contributed by atoms with Gasteiger partial charge in [0, 0.05) is 12.2 Å². The summed E-state index contributed by atoms with van der Waals surface area (Å²) in [6, 6.07) is 13.6. The van der Waals surface area contributed by atoms with Crippen molar-refractivity contribution in [1.82, 2.24) is 0 Å². The molecule has 1 heterocycles. The van der Waals surface area contributed by atoms with E-state index >= 15 is 0 Å². The second kappa shape index (κ2) is 6.06. The first-order valence-electron chi connectivity index (χ1n) is 7.10. The summed E-state index contributed by atoms with van der Waals surface area (Å²) in [7, 11) is 0. The van der Waals surface area contributed by atoms with Crippen molar-refractivity contribution >= 4 is 5.69 Å². The maximum atomic E-state index is 10.3. The van der Waals surface area contributed by atoms with Crippen LogP contribution in [0.2, 0.25) is 0 Å². The summed E-state index contributed by atoms with van der Waals surface area (Å²) in [5, 5.41) is 13.5. The molecule has 1 atom stereocenters. The van der Waals surface area contributed by atoms with E-state index < -0.39 is 6.10 Å². The molecule has 4 heteroatoms. The average molecular weight is 285 g/mol. The smallest absolute Gasteiger partial charge is 0.161 e. The number of fused-ring (bicyclic) bond motifs is 1. The molecule has 0 saturated heterocycles. The molecule has 1 aliphatic heterocycles. The minimum atomic E-state index is -0.596. The number of anilines is 1. The van der Waals surface area contributed by atoms with Crippen LogP contribution in [-0.2, 0) is 0 Å². The number of aryl methyl sites for hydroxylation is 1. The summed E-state index contributed by atoms with van der Waals surface area (Å²) in [5.41, 5.74) is 3.01. The number of aliphatic hydroxyl groups is 1. The molecule has 2 N–H and O–H groups in total. The lowest BCUT2D eigenvalue weighted by atomic mass is 10.1. The third-order valence-corrected chi connectivity index (χ3v) is 3.47. The fraction of sp³-hybridized carbons (Fsp3) is 0.294. The number of benzene rings is 2. The quantitative estimate of drug-likeness (QED) is 0.907. The van der Waals surface area contributed by atoms with Gasteiger partial charge in [0.25, 0.3) is 0 Å². The van der Waals surface area contributed by atoms with E-state index in [9.17, 15) is 5.11 Å². The molecule has 0 spiro atoms.